The SMILES string of the molecule is CCCN1C(=O)C(=O)/C(=C(\O)c2ccc3ccccc3c2)C1c1ccc(Cl)cc1. The van der Waals surface area contributed by atoms with Crippen molar-refractivity contribution in [3.63, 3.8) is 0 Å². The summed E-state index contributed by atoms with van der Waals surface area (Å²) in [6.45, 7) is 2.37. The van der Waals surface area contributed by atoms with Gasteiger partial charge in [-0.1, -0.05) is 67.1 Å². The van der Waals surface area contributed by atoms with Gasteiger partial charge in [-0.2, -0.15) is 0 Å². The largest absolute Gasteiger partial charge is 0.507 e. The summed E-state index contributed by atoms with van der Waals surface area (Å²) < 4.78 is 0. The monoisotopic (exact) mass is 405 g/mol. The third-order valence-electron chi connectivity index (χ3n) is 5.21. The van der Waals surface area contributed by atoms with Crippen LogP contribution in [0.15, 0.2) is 72.3 Å². The van der Waals surface area contributed by atoms with Crippen LogP contribution in [-0.2, 0) is 9.59 Å². The van der Waals surface area contributed by atoms with Crippen LogP contribution in [0.4, 0.5) is 0 Å². The second-order valence-electron chi connectivity index (χ2n) is 7.11. The van der Waals surface area contributed by atoms with Gasteiger partial charge in [0, 0.05) is 17.1 Å². The van der Waals surface area contributed by atoms with Crippen LogP contribution >= 0.6 is 11.6 Å². The molecule has 146 valence electrons. The van der Waals surface area contributed by atoms with Crippen LogP contribution in [0, 0.1) is 0 Å². The first-order chi connectivity index (χ1) is 14.0. The Labute approximate surface area is 174 Å². The topological polar surface area (TPSA) is 57.6 Å². The van der Waals surface area contributed by atoms with Gasteiger partial charge in [0.05, 0.1) is 11.6 Å². The number of carbonyl (C=O) groups excluding carboxylic acids is 2. The highest BCUT2D eigenvalue weighted by molar-refractivity contribution is 6.46. The van der Waals surface area contributed by atoms with E-state index >= 15 is 0 Å². The van der Waals surface area contributed by atoms with E-state index in [2.05, 4.69) is 0 Å². The fourth-order valence-corrected chi connectivity index (χ4v) is 3.96. The maximum absolute atomic E-state index is 12.9. The molecule has 1 aliphatic heterocycles. The fraction of sp³-hybridized carbons (Fsp3) is 0.167. The molecule has 5 heteroatoms. The fourth-order valence-electron chi connectivity index (χ4n) is 3.84. The Hall–Kier alpha value is -3.11. The molecule has 1 amide bonds. The molecule has 1 fully saturated rings. The number of nitrogens with zero attached hydrogens (tertiary/aromatic N) is 1. The predicted octanol–water partition coefficient (Wildman–Crippen LogP) is 5.32. The number of likely N-dealkylation sites (tertiary alicyclic amines) is 1. The lowest BCUT2D eigenvalue weighted by Crippen LogP contribution is -2.30. The first-order valence-electron chi connectivity index (χ1n) is 9.54. The van der Waals surface area contributed by atoms with Gasteiger partial charge in [-0.15, -0.1) is 0 Å². The van der Waals surface area contributed by atoms with Crippen LogP contribution < -0.4 is 0 Å². The van der Waals surface area contributed by atoms with E-state index in [0.717, 1.165) is 16.3 Å². The van der Waals surface area contributed by atoms with Crippen molar-refractivity contribution >= 4 is 39.8 Å². The molecule has 0 saturated carbocycles. The zero-order valence-electron chi connectivity index (χ0n) is 15.9. The Morgan fingerprint density at radius 3 is 2.38 bits per heavy atom. The summed E-state index contributed by atoms with van der Waals surface area (Å²) in [7, 11) is 0. The summed E-state index contributed by atoms with van der Waals surface area (Å²) >= 11 is 6.01. The highest BCUT2D eigenvalue weighted by Crippen LogP contribution is 2.40. The minimum atomic E-state index is -0.663. The van der Waals surface area contributed by atoms with E-state index in [4.69, 9.17) is 11.6 Å². The van der Waals surface area contributed by atoms with Gasteiger partial charge in [-0.3, -0.25) is 9.59 Å². The van der Waals surface area contributed by atoms with Crippen LogP contribution in [-0.4, -0.2) is 28.2 Å². The summed E-state index contributed by atoms with van der Waals surface area (Å²) in [4.78, 5) is 27.1. The minimum absolute atomic E-state index is 0.112. The van der Waals surface area contributed by atoms with E-state index in [1.807, 2.05) is 43.3 Å². The second kappa shape index (κ2) is 7.72. The molecule has 3 aromatic carbocycles. The molecule has 1 heterocycles. The van der Waals surface area contributed by atoms with E-state index in [-0.39, 0.29) is 11.3 Å². The van der Waals surface area contributed by atoms with Gasteiger partial charge in [0.2, 0.25) is 0 Å². The molecule has 0 spiro atoms. The summed E-state index contributed by atoms with van der Waals surface area (Å²) in [5.41, 5.74) is 1.36. The normalized spacial score (nSPS) is 18.6. The number of benzene rings is 3. The van der Waals surface area contributed by atoms with Crippen molar-refractivity contribution in [3.8, 4) is 0 Å². The lowest BCUT2D eigenvalue weighted by Gasteiger charge is -2.25. The van der Waals surface area contributed by atoms with Crippen LogP contribution in [0.2, 0.25) is 5.02 Å². The highest BCUT2D eigenvalue weighted by Gasteiger charge is 2.45. The van der Waals surface area contributed by atoms with E-state index in [0.29, 0.717) is 23.6 Å². The molecule has 0 aliphatic carbocycles. The molecule has 1 aliphatic rings. The maximum Gasteiger partial charge on any atom is 0.295 e. The molecule has 29 heavy (non-hydrogen) atoms. The average Bonchev–Trinajstić information content (AvgIpc) is 2.99. The molecule has 1 N–H and O–H groups in total. The third-order valence-corrected chi connectivity index (χ3v) is 5.47. The number of rotatable bonds is 4. The number of ketones is 1. The first kappa shape index (κ1) is 19.2. The zero-order valence-corrected chi connectivity index (χ0v) is 16.7. The predicted molar refractivity (Wildman–Crippen MR) is 115 cm³/mol. The Morgan fingerprint density at radius 1 is 1.00 bits per heavy atom. The summed E-state index contributed by atoms with van der Waals surface area (Å²) in [6.07, 6.45) is 0.702. The standard InChI is InChI=1S/C24H20ClNO3/c1-2-13-26-21(16-9-11-19(25)12-10-16)20(23(28)24(26)29)22(27)18-8-7-15-5-3-4-6-17(15)14-18/h3-12,14,21,27H,2,13H2,1H3/b22-20-. The third kappa shape index (κ3) is 3.40. The van der Waals surface area contributed by atoms with Gasteiger partial charge in [0.15, 0.2) is 0 Å². The average molecular weight is 406 g/mol. The number of aliphatic hydroxyl groups excluding tert-OH is 1. The molecule has 1 atom stereocenters. The van der Waals surface area contributed by atoms with Crippen molar-refractivity contribution in [3.05, 3.63) is 88.5 Å². The van der Waals surface area contributed by atoms with Gasteiger partial charge in [-0.05, 0) is 41.0 Å². The molecule has 0 radical (unpaired) electrons. The number of hydrogen-bond donors (Lipinski definition) is 1. The summed E-state index contributed by atoms with van der Waals surface area (Å²) in [5.74, 6) is -1.41. The van der Waals surface area contributed by atoms with E-state index in [9.17, 15) is 14.7 Å². The van der Waals surface area contributed by atoms with E-state index < -0.39 is 17.7 Å². The quantitative estimate of drug-likeness (QED) is 0.363. The van der Waals surface area contributed by atoms with Gasteiger partial charge in [0.25, 0.3) is 11.7 Å². The van der Waals surface area contributed by atoms with Crippen molar-refractivity contribution in [1.29, 1.82) is 0 Å². The van der Waals surface area contributed by atoms with Crippen molar-refractivity contribution in [2.45, 2.75) is 19.4 Å². The van der Waals surface area contributed by atoms with Crippen LogP contribution in [0.25, 0.3) is 16.5 Å². The van der Waals surface area contributed by atoms with Crippen LogP contribution in [0.1, 0.15) is 30.5 Å². The Kier molecular flexibility index (Phi) is 5.12. The second-order valence-corrected chi connectivity index (χ2v) is 7.54. The lowest BCUT2D eigenvalue weighted by atomic mass is 9.94. The molecule has 1 unspecified atom stereocenters. The van der Waals surface area contributed by atoms with Gasteiger partial charge < -0.3 is 10.0 Å². The molecule has 0 bridgehead atoms. The smallest absolute Gasteiger partial charge is 0.295 e. The van der Waals surface area contributed by atoms with E-state index in [1.165, 1.54) is 4.90 Å². The molecule has 1 saturated heterocycles. The minimum Gasteiger partial charge on any atom is -0.507 e. The van der Waals surface area contributed by atoms with Crippen LogP contribution in [0.3, 0.4) is 0 Å². The number of carbonyl (C=O) groups is 2. The highest BCUT2D eigenvalue weighted by atomic mass is 35.5. The molecule has 4 nitrogen and oxygen atoms in total. The van der Waals surface area contributed by atoms with Crippen molar-refractivity contribution in [2.75, 3.05) is 6.54 Å². The van der Waals surface area contributed by atoms with Crippen molar-refractivity contribution < 1.29 is 14.7 Å². The number of halogens is 1. The number of amides is 1. The molecule has 4 rings (SSSR count). The molecule has 3 aromatic rings. The Morgan fingerprint density at radius 2 is 1.69 bits per heavy atom. The van der Waals surface area contributed by atoms with Crippen molar-refractivity contribution in [1.82, 2.24) is 4.90 Å². The summed E-state index contributed by atoms with van der Waals surface area (Å²) in [6, 6.07) is 19.6. The number of fused-ring (bicyclic) bond motifs is 1. The van der Waals surface area contributed by atoms with Gasteiger partial charge >= 0.3 is 0 Å². The Bertz CT molecular complexity index is 1130. The van der Waals surface area contributed by atoms with E-state index in [1.54, 1.807) is 30.3 Å². The Balaban J connectivity index is 1.89. The number of hydrogen-bond acceptors (Lipinski definition) is 3. The van der Waals surface area contributed by atoms with Crippen molar-refractivity contribution in [2.24, 2.45) is 0 Å². The molecule has 0 aromatic heterocycles. The zero-order chi connectivity index (χ0) is 20.5. The van der Waals surface area contributed by atoms with Gasteiger partial charge in [-0.25, -0.2) is 0 Å². The summed E-state index contributed by atoms with van der Waals surface area (Å²) in [5, 5.41) is 13.6. The van der Waals surface area contributed by atoms with Crippen LogP contribution in [0.5, 0.6) is 0 Å². The number of aliphatic hydroxyl groups is 1. The lowest BCUT2D eigenvalue weighted by molar-refractivity contribution is -0.139. The maximum atomic E-state index is 12.9. The number of Topliss-reactive ketones (excluding diaryl/α,β-unsaturated/α-hetero) is 1. The first-order valence-corrected chi connectivity index (χ1v) is 9.92. The van der Waals surface area contributed by atoms with Gasteiger partial charge in [0.1, 0.15) is 5.76 Å². The molecular weight excluding hydrogens is 386 g/mol. The molecular formula is C24H20ClNO3.